The van der Waals surface area contributed by atoms with E-state index >= 15 is 0 Å². The molecule has 0 bridgehead atoms. The van der Waals surface area contributed by atoms with Crippen LogP contribution in [0.5, 0.6) is 17.2 Å². The number of carbonyl (C=O) groups is 1. The van der Waals surface area contributed by atoms with Gasteiger partial charge in [-0.05, 0) is 38.3 Å². The van der Waals surface area contributed by atoms with Crippen molar-refractivity contribution in [2.45, 2.75) is 32.3 Å². The van der Waals surface area contributed by atoms with Crippen LogP contribution in [0, 0.1) is 0 Å². The summed E-state index contributed by atoms with van der Waals surface area (Å²) in [5.41, 5.74) is 0.715. The average molecular weight is 350 g/mol. The van der Waals surface area contributed by atoms with E-state index in [2.05, 4.69) is 5.16 Å². The summed E-state index contributed by atoms with van der Waals surface area (Å²) in [7, 11) is 4.65. The molecule has 1 amide bonds. The number of nitrogens with zero attached hydrogens (tertiary/aromatic N) is 2. The van der Waals surface area contributed by atoms with Crippen molar-refractivity contribution in [1.29, 1.82) is 0 Å². The number of hydrogen-bond acceptors (Lipinski definition) is 6. The lowest BCUT2D eigenvalue weighted by atomic mass is 10.1. The van der Waals surface area contributed by atoms with Gasteiger partial charge in [0.1, 0.15) is 0 Å². The lowest BCUT2D eigenvalue weighted by molar-refractivity contribution is -0.143. The molecule has 2 rings (SSSR count). The monoisotopic (exact) mass is 350 g/mol. The van der Waals surface area contributed by atoms with Crippen LogP contribution in [0.25, 0.3) is 0 Å². The first-order valence-electron chi connectivity index (χ1n) is 8.38. The number of likely N-dealkylation sites (tertiary alicyclic amines) is 1. The SMILES string of the molecule is COc1cc(/C=N\O[C@H](C)C(=O)N2CCCCC2)cc(OC)c1OC. The quantitative estimate of drug-likeness (QED) is 0.558. The van der Waals surface area contributed by atoms with Crippen molar-refractivity contribution in [2.24, 2.45) is 5.16 Å². The third kappa shape index (κ3) is 4.78. The van der Waals surface area contributed by atoms with Crippen molar-refractivity contribution in [3.63, 3.8) is 0 Å². The molecule has 1 aliphatic rings. The lowest BCUT2D eigenvalue weighted by Crippen LogP contribution is -2.41. The van der Waals surface area contributed by atoms with Gasteiger partial charge in [-0.2, -0.15) is 0 Å². The molecule has 1 saturated heterocycles. The van der Waals surface area contributed by atoms with Gasteiger partial charge in [-0.25, -0.2) is 0 Å². The zero-order valence-electron chi connectivity index (χ0n) is 15.3. The Kier molecular flexibility index (Phi) is 6.91. The molecule has 0 unspecified atom stereocenters. The van der Waals surface area contributed by atoms with E-state index in [0.29, 0.717) is 22.8 Å². The van der Waals surface area contributed by atoms with Gasteiger partial charge in [-0.15, -0.1) is 0 Å². The molecule has 0 aromatic heterocycles. The first-order chi connectivity index (χ1) is 12.1. The highest BCUT2D eigenvalue weighted by Crippen LogP contribution is 2.37. The van der Waals surface area contributed by atoms with Gasteiger partial charge in [-0.1, -0.05) is 5.16 Å². The van der Waals surface area contributed by atoms with E-state index in [1.165, 1.54) is 12.6 Å². The van der Waals surface area contributed by atoms with Gasteiger partial charge >= 0.3 is 0 Å². The molecule has 0 aliphatic carbocycles. The zero-order valence-corrected chi connectivity index (χ0v) is 15.3. The minimum atomic E-state index is -0.614. The van der Waals surface area contributed by atoms with Crippen molar-refractivity contribution < 1.29 is 23.8 Å². The van der Waals surface area contributed by atoms with Crippen molar-refractivity contribution in [3.05, 3.63) is 17.7 Å². The Morgan fingerprint density at radius 3 is 2.20 bits per heavy atom. The summed E-state index contributed by atoms with van der Waals surface area (Å²) in [6.07, 6.45) is 4.18. The molecule has 1 aliphatic heterocycles. The van der Waals surface area contributed by atoms with Crippen molar-refractivity contribution in [2.75, 3.05) is 34.4 Å². The number of methoxy groups -OCH3 is 3. The van der Waals surface area contributed by atoms with Gasteiger partial charge in [-0.3, -0.25) is 4.79 Å². The predicted octanol–water partition coefficient (Wildman–Crippen LogP) is 2.46. The van der Waals surface area contributed by atoms with E-state index in [1.54, 1.807) is 40.4 Å². The van der Waals surface area contributed by atoms with Crippen molar-refractivity contribution in [1.82, 2.24) is 4.90 Å². The Balaban J connectivity index is 2.02. The summed E-state index contributed by atoms with van der Waals surface area (Å²) < 4.78 is 15.9. The first kappa shape index (κ1) is 18.9. The Morgan fingerprint density at radius 2 is 1.68 bits per heavy atom. The third-order valence-corrected chi connectivity index (χ3v) is 4.12. The van der Waals surface area contributed by atoms with Crippen LogP contribution in [0.2, 0.25) is 0 Å². The standard InChI is InChI=1S/C18H26N2O5/c1-13(18(21)20-8-6-5-7-9-20)25-19-12-14-10-15(22-2)17(24-4)16(11-14)23-3/h10-13H,5-9H2,1-4H3/b19-12-/t13-/m1/s1. The number of piperidine rings is 1. The number of hydrogen-bond donors (Lipinski definition) is 0. The normalized spacial score (nSPS) is 15.8. The van der Waals surface area contributed by atoms with E-state index in [1.807, 2.05) is 4.90 Å². The Labute approximate surface area is 148 Å². The fraction of sp³-hybridized carbons (Fsp3) is 0.556. The van der Waals surface area contributed by atoms with Gasteiger partial charge in [0.2, 0.25) is 11.9 Å². The second-order valence-corrected chi connectivity index (χ2v) is 5.83. The molecule has 1 aromatic carbocycles. The fourth-order valence-electron chi connectivity index (χ4n) is 2.77. The Bertz CT molecular complexity index is 586. The highest BCUT2D eigenvalue weighted by Gasteiger charge is 2.23. The molecule has 7 nitrogen and oxygen atoms in total. The van der Waals surface area contributed by atoms with Crippen LogP contribution >= 0.6 is 0 Å². The molecule has 0 N–H and O–H groups in total. The summed E-state index contributed by atoms with van der Waals surface area (Å²) in [5, 5.41) is 3.94. The summed E-state index contributed by atoms with van der Waals surface area (Å²) in [6, 6.07) is 3.51. The fourth-order valence-corrected chi connectivity index (χ4v) is 2.77. The van der Waals surface area contributed by atoms with Crippen molar-refractivity contribution in [3.8, 4) is 17.2 Å². The van der Waals surface area contributed by atoms with Gasteiger partial charge in [0, 0.05) is 18.7 Å². The van der Waals surface area contributed by atoms with Crippen LogP contribution in [0.4, 0.5) is 0 Å². The largest absolute Gasteiger partial charge is 0.493 e. The summed E-state index contributed by atoms with van der Waals surface area (Å²) in [4.78, 5) is 19.5. The summed E-state index contributed by atoms with van der Waals surface area (Å²) in [5.74, 6) is 1.54. The van der Waals surface area contributed by atoms with Crippen LogP contribution < -0.4 is 14.2 Å². The molecule has 138 valence electrons. The summed E-state index contributed by atoms with van der Waals surface area (Å²) >= 11 is 0. The number of benzene rings is 1. The van der Waals surface area contributed by atoms with Crippen LogP contribution in [0.15, 0.2) is 17.3 Å². The summed E-state index contributed by atoms with van der Waals surface area (Å²) in [6.45, 7) is 3.30. The van der Waals surface area contributed by atoms with E-state index in [4.69, 9.17) is 19.0 Å². The predicted molar refractivity (Wildman–Crippen MR) is 94.7 cm³/mol. The molecule has 1 atom stereocenters. The highest BCUT2D eigenvalue weighted by atomic mass is 16.6. The number of amides is 1. The molecule has 0 radical (unpaired) electrons. The van der Waals surface area contributed by atoms with E-state index in [9.17, 15) is 4.79 Å². The van der Waals surface area contributed by atoms with E-state index in [0.717, 1.165) is 25.9 Å². The van der Waals surface area contributed by atoms with E-state index < -0.39 is 6.10 Å². The third-order valence-electron chi connectivity index (χ3n) is 4.12. The number of oxime groups is 1. The van der Waals surface area contributed by atoms with Gasteiger partial charge in [0.15, 0.2) is 11.5 Å². The lowest BCUT2D eigenvalue weighted by Gasteiger charge is -2.28. The molecule has 7 heteroatoms. The molecular weight excluding hydrogens is 324 g/mol. The molecular formula is C18H26N2O5. The maximum absolute atomic E-state index is 12.3. The molecule has 0 spiro atoms. The molecule has 1 aromatic rings. The van der Waals surface area contributed by atoms with Crippen LogP contribution in [0.3, 0.4) is 0 Å². The zero-order chi connectivity index (χ0) is 18.2. The van der Waals surface area contributed by atoms with Gasteiger partial charge in [0.25, 0.3) is 5.91 Å². The van der Waals surface area contributed by atoms with Crippen LogP contribution in [-0.2, 0) is 9.63 Å². The maximum Gasteiger partial charge on any atom is 0.266 e. The molecule has 1 fully saturated rings. The van der Waals surface area contributed by atoms with Crippen LogP contribution in [-0.4, -0.2) is 57.5 Å². The first-order valence-corrected chi connectivity index (χ1v) is 8.38. The minimum absolute atomic E-state index is 0.0262. The second-order valence-electron chi connectivity index (χ2n) is 5.83. The average Bonchev–Trinajstić information content (AvgIpc) is 2.66. The number of rotatable bonds is 7. The molecule has 0 saturated carbocycles. The molecule has 1 heterocycles. The van der Waals surface area contributed by atoms with Gasteiger partial charge in [0.05, 0.1) is 27.5 Å². The van der Waals surface area contributed by atoms with Gasteiger partial charge < -0.3 is 23.9 Å². The molecule has 25 heavy (non-hydrogen) atoms. The van der Waals surface area contributed by atoms with E-state index in [-0.39, 0.29) is 5.91 Å². The Hall–Kier alpha value is -2.44. The topological polar surface area (TPSA) is 69.6 Å². The number of ether oxygens (including phenoxy) is 3. The second kappa shape index (κ2) is 9.15. The highest BCUT2D eigenvalue weighted by molar-refractivity contribution is 5.83. The number of carbonyl (C=O) groups excluding carboxylic acids is 1. The smallest absolute Gasteiger partial charge is 0.266 e. The van der Waals surface area contributed by atoms with Crippen molar-refractivity contribution >= 4 is 12.1 Å². The maximum atomic E-state index is 12.3. The minimum Gasteiger partial charge on any atom is -0.493 e. The Morgan fingerprint density at radius 1 is 1.08 bits per heavy atom. The van der Waals surface area contributed by atoms with Crippen LogP contribution in [0.1, 0.15) is 31.7 Å².